The van der Waals surface area contributed by atoms with E-state index >= 15 is 0 Å². The van der Waals surface area contributed by atoms with Gasteiger partial charge in [-0.05, 0) is 35.2 Å². The largest absolute Gasteiger partial charge is 0.361 e. The van der Waals surface area contributed by atoms with E-state index in [-0.39, 0.29) is 18.2 Å². The Labute approximate surface area is 138 Å². The van der Waals surface area contributed by atoms with Gasteiger partial charge in [0.15, 0.2) is 0 Å². The molecule has 1 unspecified atom stereocenters. The fourth-order valence-corrected chi connectivity index (χ4v) is 2.98. The lowest BCUT2D eigenvalue weighted by atomic mass is 10.2. The molecule has 0 radical (unpaired) electrons. The van der Waals surface area contributed by atoms with Crippen LogP contribution in [0.1, 0.15) is 12.0 Å². The van der Waals surface area contributed by atoms with Gasteiger partial charge in [-0.25, -0.2) is 4.90 Å². The Bertz CT molecular complexity index is 904. The van der Waals surface area contributed by atoms with Crippen molar-refractivity contribution in [3.8, 4) is 0 Å². The number of carbonyl (C=O) groups is 2. The number of hydrogen-bond donors (Lipinski definition) is 2. The van der Waals surface area contributed by atoms with Gasteiger partial charge in [-0.1, -0.05) is 12.1 Å². The average Bonchev–Trinajstić information content (AvgIpc) is 3.17. The molecule has 6 heteroatoms. The highest BCUT2D eigenvalue weighted by molar-refractivity contribution is 6.22. The number of nitrogens with zero attached hydrogens (tertiary/aromatic N) is 2. The number of aromatic nitrogens is 2. The van der Waals surface area contributed by atoms with Gasteiger partial charge in [-0.15, -0.1) is 0 Å². The van der Waals surface area contributed by atoms with Gasteiger partial charge in [0, 0.05) is 30.7 Å². The second-order valence-corrected chi connectivity index (χ2v) is 5.82. The first kappa shape index (κ1) is 14.6. The highest BCUT2D eigenvalue weighted by atomic mass is 16.2. The summed E-state index contributed by atoms with van der Waals surface area (Å²) in [5, 5.41) is 4.20. The minimum Gasteiger partial charge on any atom is -0.361 e. The molecule has 24 heavy (non-hydrogen) atoms. The second kappa shape index (κ2) is 5.90. The van der Waals surface area contributed by atoms with Crippen LogP contribution in [0.4, 0.5) is 5.69 Å². The number of carbonyl (C=O) groups excluding carboxylic acids is 2. The van der Waals surface area contributed by atoms with Crippen LogP contribution in [-0.4, -0.2) is 27.8 Å². The van der Waals surface area contributed by atoms with Gasteiger partial charge in [0.05, 0.1) is 18.2 Å². The van der Waals surface area contributed by atoms with Crippen LogP contribution in [0.5, 0.6) is 0 Å². The zero-order valence-electron chi connectivity index (χ0n) is 12.9. The molecule has 1 aliphatic heterocycles. The molecule has 6 nitrogen and oxygen atoms in total. The molecule has 0 aliphatic carbocycles. The number of hydrogen-bond acceptors (Lipinski definition) is 4. The van der Waals surface area contributed by atoms with Gasteiger partial charge >= 0.3 is 0 Å². The van der Waals surface area contributed by atoms with Gasteiger partial charge in [0.2, 0.25) is 5.91 Å². The number of imide groups is 1. The Balaban J connectivity index is 1.52. The molecule has 1 aromatic carbocycles. The first-order valence-electron chi connectivity index (χ1n) is 7.78. The third-order valence-corrected chi connectivity index (χ3v) is 4.22. The molecule has 3 heterocycles. The third-order valence-electron chi connectivity index (χ3n) is 4.22. The lowest BCUT2D eigenvalue weighted by Crippen LogP contribution is -2.38. The number of pyridine rings is 1. The third kappa shape index (κ3) is 2.57. The number of benzene rings is 1. The molecule has 2 amide bonds. The molecule has 4 rings (SSSR count). The van der Waals surface area contributed by atoms with Crippen LogP contribution in [0.3, 0.4) is 0 Å². The Morgan fingerprint density at radius 1 is 1.25 bits per heavy atom. The molecule has 1 aliphatic rings. The van der Waals surface area contributed by atoms with Crippen LogP contribution in [0.25, 0.3) is 10.9 Å². The first-order chi connectivity index (χ1) is 11.7. The minimum absolute atomic E-state index is 0.169. The molecule has 1 atom stereocenters. The lowest BCUT2D eigenvalue weighted by molar-refractivity contribution is -0.121. The first-order valence-corrected chi connectivity index (χ1v) is 7.78. The van der Waals surface area contributed by atoms with E-state index in [1.54, 1.807) is 18.5 Å². The van der Waals surface area contributed by atoms with Crippen LogP contribution in [-0.2, 0) is 16.1 Å². The molecule has 1 saturated heterocycles. The molecule has 3 aromatic rings. The van der Waals surface area contributed by atoms with Crippen molar-refractivity contribution in [2.75, 3.05) is 4.90 Å². The summed E-state index contributed by atoms with van der Waals surface area (Å²) in [6, 6.07) is 10.7. The summed E-state index contributed by atoms with van der Waals surface area (Å²) < 4.78 is 0. The summed E-state index contributed by atoms with van der Waals surface area (Å²) in [7, 11) is 0. The molecular formula is C18H16N4O2. The summed E-state index contributed by atoms with van der Waals surface area (Å²) in [5.41, 5.74) is 2.48. The van der Waals surface area contributed by atoms with E-state index in [9.17, 15) is 9.59 Å². The van der Waals surface area contributed by atoms with E-state index in [1.807, 2.05) is 36.5 Å². The number of fused-ring (bicyclic) bond motifs is 1. The molecule has 0 spiro atoms. The maximum absolute atomic E-state index is 12.6. The SMILES string of the molecule is O=C1CC(NCc2cccnc2)C(=O)N1c1ccc2cc[nH]c2c1. The number of aromatic amines is 1. The fraction of sp³-hybridized carbons (Fsp3) is 0.167. The van der Waals surface area contributed by atoms with Gasteiger partial charge in [0.1, 0.15) is 0 Å². The predicted octanol–water partition coefficient (Wildman–Crippen LogP) is 1.98. The summed E-state index contributed by atoms with van der Waals surface area (Å²) in [6.45, 7) is 0.501. The Kier molecular flexibility index (Phi) is 3.59. The number of amides is 2. The standard InChI is InChI=1S/C18H16N4O2/c23-17-9-16(21-11-12-2-1-6-19-10-12)18(24)22(17)14-4-3-13-5-7-20-15(13)8-14/h1-8,10,16,20-21H,9,11H2. The summed E-state index contributed by atoms with van der Waals surface area (Å²) >= 11 is 0. The molecule has 0 bridgehead atoms. The van der Waals surface area contributed by atoms with Gasteiger partial charge in [-0.2, -0.15) is 0 Å². The predicted molar refractivity (Wildman–Crippen MR) is 90.3 cm³/mol. The Morgan fingerprint density at radius 2 is 2.17 bits per heavy atom. The Morgan fingerprint density at radius 3 is 3.00 bits per heavy atom. The second-order valence-electron chi connectivity index (χ2n) is 5.82. The quantitative estimate of drug-likeness (QED) is 0.721. The van der Waals surface area contributed by atoms with Gasteiger partial charge in [0.25, 0.3) is 5.91 Å². The van der Waals surface area contributed by atoms with Crippen LogP contribution >= 0.6 is 0 Å². The highest BCUT2D eigenvalue weighted by Gasteiger charge is 2.39. The number of rotatable bonds is 4. The van der Waals surface area contributed by atoms with E-state index < -0.39 is 6.04 Å². The minimum atomic E-state index is -0.503. The fourth-order valence-electron chi connectivity index (χ4n) is 2.98. The highest BCUT2D eigenvalue weighted by Crippen LogP contribution is 2.26. The number of anilines is 1. The van der Waals surface area contributed by atoms with Crippen molar-refractivity contribution >= 4 is 28.4 Å². The average molecular weight is 320 g/mol. The summed E-state index contributed by atoms with van der Waals surface area (Å²) in [6.07, 6.45) is 5.44. The van der Waals surface area contributed by atoms with Crippen LogP contribution in [0.2, 0.25) is 0 Å². The van der Waals surface area contributed by atoms with Crippen molar-refractivity contribution in [3.05, 3.63) is 60.6 Å². The van der Waals surface area contributed by atoms with Crippen molar-refractivity contribution in [2.24, 2.45) is 0 Å². The zero-order valence-corrected chi connectivity index (χ0v) is 12.9. The van der Waals surface area contributed by atoms with Gasteiger partial charge in [-0.3, -0.25) is 14.6 Å². The number of H-pyrrole nitrogens is 1. The smallest absolute Gasteiger partial charge is 0.251 e. The lowest BCUT2D eigenvalue weighted by Gasteiger charge is -2.15. The summed E-state index contributed by atoms with van der Waals surface area (Å²) in [5.74, 6) is -0.399. The van der Waals surface area contributed by atoms with E-state index in [1.165, 1.54) is 4.90 Å². The zero-order chi connectivity index (χ0) is 16.5. The topological polar surface area (TPSA) is 78.1 Å². The van der Waals surface area contributed by atoms with Crippen LogP contribution in [0.15, 0.2) is 55.0 Å². The van der Waals surface area contributed by atoms with Crippen molar-refractivity contribution in [3.63, 3.8) is 0 Å². The summed E-state index contributed by atoms with van der Waals surface area (Å²) in [4.78, 5) is 33.4. The maximum atomic E-state index is 12.6. The van der Waals surface area contributed by atoms with E-state index in [4.69, 9.17) is 0 Å². The van der Waals surface area contributed by atoms with Crippen molar-refractivity contribution in [1.29, 1.82) is 0 Å². The monoisotopic (exact) mass is 320 g/mol. The number of nitrogens with one attached hydrogen (secondary N) is 2. The van der Waals surface area contributed by atoms with Crippen LogP contribution in [0, 0.1) is 0 Å². The Hall–Kier alpha value is -2.99. The maximum Gasteiger partial charge on any atom is 0.251 e. The van der Waals surface area contributed by atoms with Crippen molar-refractivity contribution < 1.29 is 9.59 Å². The molecule has 0 saturated carbocycles. The normalized spacial score (nSPS) is 17.8. The van der Waals surface area contributed by atoms with E-state index in [2.05, 4.69) is 15.3 Å². The molecule has 1 fully saturated rings. The molecule has 2 aromatic heterocycles. The van der Waals surface area contributed by atoms with Gasteiger partial charge < -0.3 is 10.3 Å². The molecule has 2 N–H and O–H groups in total. The van der Waals surface area contributed by atoms with Crippen molar-refractivity contribution in [2.45, 2.75) is 19.0 Å². The molecular weight excluding hydrogens is 304 g/mol. The van der Waals surface area contributed by atoms with Crippen LogP contribution < -0.4 is 10.2 Å². The molecule has 120 valence electrons. The van der Waals surface area contributed by atoms with E-state index in [0.717, 1.165) is 16.5 Å². The van der Waals surface area contributed by atoms with E-state index in [0.29, 0.717) is 12.2 Å². The van der Waals surface area contributed by atoms with Crippen molar-refractivity contribution in [1.82, 2.24) is 15.3 Å².